The Kier molecular flexibility index (Phi) is 5.73. The Morgan fingerprint density at radius 2 is 2.10 bits per heavy atom. The molecule has 1 aliphatic heterocycles. The van der Waals surface area contributed by atoms with E-state index in [0.717, 1.165) is 39.1 Å². The third kappa shape index (κ3) is 5.18. The summed E-state index contributed by atoms with van der Waals surface area (Å²) < 4.78 is 0. The fourth-order valence-corrected chi connectivity index (χ4v) is 2.42. The lowest BCUT2D eigenvalue weighted by Crippen LogP contribution is -2.44. The number of anilines is 1. The van der Waals surface area contributed by atoms with E-state index in [1.807, 2.05) is 0 Å². The molecule has 0 unspecified atom stereocenters. The Bertz CT molecular complexity index is 515. The van der Waals surface area contributed by atoms with E-state index in [4.69, 9.17) is 5.26 Å². The summed E-state index contributed by atoms with van der Waals surface area (Å²) in [6, 6.07) is 9.07. The van der Waals surface area contributed by atoms with Crippen LogP contribution in [0.5, 0.6) is 0 Å². The van der Waals surface area contributed by atoms with Crippen LogP contribution in [0.1, 0.15) is 18.4 Å². The molecule has 0 atom stereocenters. The topological polar surface area (TPSA) is 59.4 Å². The van der Waals surface area contributed by atoms with E-state index in [2.05, 4.69) is 28.2 Å². The molecule has 5 nitrogen and oxygen atoms in total. The second kappa shape index (κ2) is 7.77. The molecule has 1 aliphatic rings. The summed E-state index contributed by atoms with van der Waals surface area (Å²) in [6.45, 7) is 5.35. The van der Waals surface area contributed by atoms with Crippen molar-refractivity contribution in [2.45, 2.75) is 12.8 Å². The molecule has 1 saturated heterocycles. The number of carbonyl (C=O) groups excluding carboxylic acids is 1. The summed E-state index contributed by atoms with van der Waals surface area (Å²) in [5, 5.41) is 11.7. The fourth-order valence-electron chi connectivity index (χ4n) is 2.42. The van der Waals surface area contributed by atoms with Crippen LogP contribution in [0, 0.1) is 11.3 Å². The Labute approximate surface area is 126 Å². The van der Waals surface area contributed by atoms with Crippen molar-refractivity contribution < 1.29 is 4.79 Å². The highest BCUT2D eigenvalue weighted by atomic mass is 16.1. The van der Waals surface area contributed by atoms with Crippen molar-refractivity contribution >= 4 is 11.6 Å². The largest absolute Gasteiger partial charge is 0.326 e. The van der Waals surface area contributed by atoms with E-state index in [-0.39, 0.29) is 5.91 Å². The molecule has 0 saturated carbocycles. The number of hydrogen-bond acceptors (Lipinski definition) is 4. The number of nitrogens with one attached hydrogen (secondary N) is 1. The van der Waals surface area contributed by atoms with Gasteiger partial charge in [-0.25, -0.2) is 0 Å². The number of rotatable bonds is 5. The minimum absolute atomic E-state index is 0.0132. The van der Waals surface area contributed by atoms with Gasteiger partial charge in [0.05, 0.1) is 11.6 Å². The van der Waals surface area contributed by atoms with Gasteiger partial charge in [0.25, 0.3) is 0 Å². The van der Waals surface area contributed by atoms with Crippen LogP contribution in [0.4, 0.5) is 5.69 Å². The molecular weight excluding hydrogens is 264 g/mol. The third-order valence-corrected chi connectivity index (χ3v) is 3.75. The SMILES string of the molecule is CN1CCN(CCCC(=O)Nc2cccc(C#N)c2)CC1. The van der Waals surface area contributed by atoms with Crippen LogP contribution in [0.25, 0.3) is 0 Å². The number of amides is 1. The van der Waals surface area contributed by atoms with Gasteiger partial charge >= 0.3 is 0 Å². The standard InChI is InChI=1S/C16H22N4O/c1-19-8-10-20(11-9-19)7-3-6-16(21)18-15-5-2-4-14(12-15)13-17/h2,4-5,12H,3,6-11H2,1H3,(H,18,21). The molecule has 2 rings (SSSR count). The zero-order chi connectivity index (χ0) is 15.1. The number of benzene rings is 1. The molecule has 5 heteroatoms. The van der Waals surface area contributed by atoms with Crippen LogP contribution in [0.3, 0.4) is 0 Å². The van der Waals surface area contributed by atoms with Gasteiger partial charge in [-0.2, -0.15) is 5.26 Å². The number of carbonyl (C=O) groups is 1. The maximum atomic E-state index is 11.9. The van der Waals surface area contributed by atoms with E-state index in [9.17, 15) is 4.79 Å². The predicted molar refractivity (Wildman–Crippen MR) is 83.0 cm³/mol. The van der Waals surface area contributed by atoms with Crippen molar-refractivity contribution in [3.8, 4) is 6.07 Å². The average Bonchev–Trinajstić information content (AvgIpc) is 2.49. The third-order valence-electron chi connectivity index (χ3n) is 3.75. The molecule has 0 aromatic heterocycles. The zero-order valence-corrected chi connectivity index (χ0v) is 12.5. The minimum atomic E-state index is 0.0132. The van der Waals surface area contributed by atoms with Crippen LogP contribution in [-0.4, -0.2) is 55.5 Å². The van der Waals surface area contributed by atoms with Crippen molar-refractivity contribution in [3.63, 3.8) is 0 Å². The Morgan fingerprint density at radius 3 is 2.81 bits per heavy atom. The van der Waals surface area contributed by atoms with E-state index in [1.54, 1.807) is 24.3 Å². The van der Waals surface area contributed by atoms with Gasteiger partial charge in [-0.05, 0) is 38.2 Å². The normalized spacial score (nSPS) is 16.4. The molecule has 1 aromatic rings. The highest BCUT2D eigenvalue weighted by molar-refractivity contribution is 5.90. The van der Waals surface area contributed by atoms with Gasteiger partial charge in [-0.15, -0.1) is 0 Å². The van der Waals surface area contributed by atoms with E-state index < -0.39 is 0 Å². The summed E-state index contributed by atoms with van der Waals surface area (Å²) in [5.41, 5.74) is 1.25. The molecule has 0 radical (unpaired) electrons. The number of nitrogens with zero attached hydrogens (tertiary/aromatic N) is 3. The maximum absolute atomic E-state index is 11.9. The van der Waals surface area contributed by atoms with Crippen molar-refractivity contribution in [2.24, 2.45) is 0 Å². The summed E-state index contributed by atoms with van der Waals surface area (Å²) in [5.74, 6) is 0.0132. The molecule has 1 aromatic carbocycles. The average molecular weight is 286 g/mol. The van der Waals surface area contributed by atoms with Gasteiger partial charge in [0, 0.05) is 38.3 Å². The van der Waals surface area contributed by atoms with Crippen LogP contribution < -0.4 is 5.32 Å². The van der Waals surface area contributed by atoms with Gasteiger partial charge in [0.15, 0.2) is 0 Å². The minimum Gasteiger partial charge on any atom is -0.326 e. The van der Waals surface area contributed by atoms with E-state index in [1.165, 1.54) is 0 Å². The lowest BCUT2D eigenvalue weighted by Gasteiger charge is -2.32. The molecule has 1 N–H and O–H groups in total. The molecule has 1 fully saturated rings. The molecule has 112 valence electrons. The highest BCUT2D eigenvalue weighted by Crippen LogP contribution is 2.10. The number of hydrogen-bond donors (Lipinski definition) is 1. The fraction of sp³-hybridized carbons (Fsp3) is 0.500. The molecule has 0 spiro atoms. The first-order valence-corrected chi connectivity index (χ1v) is 7.38. The summed E-state index contributed by atoms with van der Waals surface area (Å²) in [7, 11) is 2.14. The zero-order valence-electron chi connectivity index (χ0n) is 12.5. The second-order valence-electron chi connectivity index (χ2n) is 5.49. The van der Waals surface area contributed by atoms with Gasteiger partial charge in [-0.3, -0.25) is 4.79 Å². The summed E-state index contributed by atoms with van der Waals surface area (Å²) in [6.07, 6.45) is 1.39. The summed E-state index contributed by atoms with van der Waals surface area (Å²) in [4.78, 5) is 16.6. The van der Waals surface area contributed by atoms with Crippen LogP contribution in [-0.2, 0) is 4.79 Å². The van der Waals surface area contributed by atoms with Crippen molar-refractivity contribution in [1.82, 2.24) is 9.80 Å². The maximum Gasteiger partial charge on any atom is 0.224 e. The smallest absolute Gasteiger partial charge is 0.224 e. The Balaban J connectivity index is 1.69. The molecule has 1 amide bonds. The lowest BCUT2D eigenvalue weighted by atomic mass is 10.2. The number of nitriles is 1. The Morgan fingerprint density at radius 1 is 1.33 bits per heavy atom. The van der Waals surface area contributed by atoms with Crippen LogP contribution in [0.15, 0.2) is 24.3 Å². The Hall–Kier alpha value is -1.90. The van der Waals surface area contributed by atoms with Crippen molar-refractivity contribution in [2.75, 3.05) is 45.1 Å². The molecule has 0 aliphatic carbocycles. The molecule has 21 heavy (non-hydrogen) atoms. The molecule has 1 heterocycles. The highest BCUT2D eigenvalue weighted by Gasteiger charge is 2.13. The van der Waals surface area contributed by atoms with Crippen molar-refractivity contribution in [3.05, 3.63) is 29.8 Å². The van der Waals surface area contributed by atoms with E-state index in [0.29, 0.717) is 17.7 Å². The number of piperazine rings is 1. The van der Waals surface area contributed by atoms with Gasteiger partial charge in [0.1, 0.15) is 0 Å². The molecular formula is C16H22N4O. The molecule has 0 bridgehead atoms. The van der Waals surface area contributed by atoms with Crippen LogP contribution in [0.2, 0.25) is 0 Å². The van der Waals surface area contributed by atoms with Gasteiger partial charge < -0.3 is 15.1 Å². The second-order valence-corrected chi connectivity index (χ2v) is 5.49. The predicted octanol–water partition coefficient (Wildman–Crippen LogP) is 1.52. The first-order chi connectivity index (χ1) is 10.2. The lowest BCUT2D eigenvalue weighted by molar-refractivity contribution is -0.116. The van der Waals surface area contributed by atoms with Gasteiger partial charge in [-0.1, -0.05) is 6.07 Å². The first kappa shape index (κ1) is 15.5. The van der Waals surface area contributed by atoms with Crippen LogP contribution >= 0.6 is 0 Å². The number of likely N-dealkylation sites (N-methyl/N-ethyl adjacent to an activating group) is 1. The van der Waals surface area contributed by atoms with Gasteiger partial charge in [0.2, 0.25) is 5.91 Å². The van der Waals surface area contributed by atoms with E-state index >= 15 is 0 Å². The monoisotopic (exact) mass is 286 g/mol. The summed E-state index contributed by atoms with van der Waals surface area (Å²) >= 11 is 0. The quantitative estimate of drug-likeness (QED) is 0.891. The van der Waals surface area contributed by atoms with Crippen molar-refractivity contribution in [1.29, 1.82) is 5.26 Å². The first-order valence-electron chi connectivity index (χ1n) is 7.38.